The molecule has 0 radical (unpaired) electrons. The summed E-state index contributed by atoms with van der Waals surface area (Å²) in [6.07, 6.45) is 1.07. The van der Waals surface area contributed by atoms with Gasteiger partial charge >= 0.3 is 11.9 Å². The molecule has 0 bridgehead atoms. The second-order valence-electron chi connectivity index (χ2n) is 5.22. The number of benzene rings is 2. The Kier molecular flexibility index (Phi) is 4.61. The fraction of sp³-hybridized carbons (Fsp3) is 0.105. The molecule has 1 heterocycles. The number of carbonyl (C=O) groups is 2. The van der Waals surface area contributed by atoms with Crippen molar-refractivity contribution in [1.82, 2.24) is 4.98 Å². The van der Waals surface area contributed by atoms with Crippen molar-refractivity contribution in [3.05, 3.63) is 60.3 Å². The number of para-hydroxylation sites is 2. The maximum atomic E-state index is 12.1. The Morgan fingerprint density at radius 3 is 2.00 bits per heavy atom. The first-order valence-electron chi connectivity index (χ1n) is 7.56. The standard InChI is InChI=1S/C19H16N2O4/c1-24-17(22)11-16(19(23)25-2)21-18-12-7-3-5-9-14(12)20-15-10-6-4-8-13(15)18/h3-11H,1-2H3,(H,20,21)/b16-11+. The molecule has 0 fully saturated rings. The highest BCUT2D eigenvalue weighted by Gasteiger charge is 2.16. The number of nitrogens with one attached hydrogen (secondary N) is 1. The van der Waals surface area contributed by atoms with Crippen molar-refractivity contribution in [2.24, 2.45) is 0 Å². The van der Waals surface area contributed by atoms with Gasteiger partial charge in [0.05, 0.1) is 37.0 Å². The van der Waals surface area contributed by atoms with Crippen molar-refractivity contribution in [1.29, 1.82) is 0 Å². The fourth-order valence-corrected chi connectivity index (χ4v) is 2.54. The van der Waals surface area contributed by atoms with Crippen molar-refractivity contribution in [2.75, 3.05) is 19.5 Å². The first-order valence-corrected chi connectivity index (χ1v) is 7.56. The topological polar surface area (TPSA) is 77.5 Å². The molecule has 1 aromatic heterocycles. The van der Waals surface area contributed by atoms with Gasteiger partial charge in [0.15, 0.2) is 0 Å². The second kappa shape index (κ2) is 7.00. The van der Waals surface area contributed by atoms with Crippen LogP contribution in [0, 0.1) is 0 Å². The fourth-order valence-electron chi connectivity index (χ4n) is 2.54. The van der Waals surface area contributed by atoms with Gasteiger partial charge < -0.3 is 14.8 Å². The Labute approximate surface area is 144 Å². The maximum Gasteiger partial charge on any atom is 0.354 e. The number of anilines is 1. The molecule has 0 aliphatic carbocycles. The van der Waals surface area contributed by atoms with E-state index in [0.29, 0.717) is 5.69 Å². The second-order valence-corrected chi connectivity index (χ2v) is 5.22. The van der Waals surface area contributed by atoms with E-state index >= 15 is 0 Å². The van der Waals surface area contributed by atoms with Gasteiger partial charge in [-0.15, -0.1) is 0 Å². The molecule has 3 rings (SSSR count). The predicted molar refractivity (Wildman–Crippen MR) is 95.0 cm³/mol. The van der Waals surface area contributed by atoms with E-state index in [1.165, 1.54) is 14.2 Å². The van der Waals surface area contributed by atoms with Crippen LogP contribution in [-0.4, -0.2) is 31.1 Å². The molecule has 0 aliphatic rings. The highest BCUT2D eigenvalue weighted by molar-refractivity contribution is 6.10. The van der Waals surface area contributed by atoms with Crippen molar-refractivity contribution in [2.45, 2.75) is 0 Å². The van der Waals surface area contributed by atoms with E-state index in [-0.39, 0.29) is 5.70 Å². The summed E-state index contributed by atoms with van der Waals surface area (Å²) in [6.45, 7) is 0. The summed E-state index contributed by atoms with van der Waals surface area (Å²) in [5.41, 5.74) is 2.19. The average Bonchev–Trinajstić information content (AvgIpc) is 2.66. The number of aromatic nitrogens is 1. The van der Waals surface area contributed by atoms with Crippen LogP contribution >= 0.6 is 0 Å². The zero-order valence-electron chi connectivity index (χ0n) is 13.8. The third-order valence-corrected chi connectivity index (χ3v) is 3.72. The Morgan fingerprint density at radius 1 is 0.920 bits per heavy atom. The Bertz CT molecular complexity index is 941. The molecule has 25 heavy (non-hydrogen) atoms. The molecule has 0 aliphatic heterocycles. The molecule has 0 unspecified atom stereocenters. The van der Waals surface area contributed by atoms with Crippen LogP contribution < -0.4 is 5.32 Å². The van der Waals surface area contributed by atoms with E-state index in [2.05, 4.69) is 15.0 Å². The summed E-state index contributed by atoms with van der Waals surface area (Å²) < 4.78 is 9.37. The molecule has 3 aromatic rings. The minimum atomic E-state index is -0.671. The molecule has 0 atom stereocenters. The lowest BCUT2D eigenvalue weighted by molar-refractivity contribution is -0.138. The summed E-state index contributed by atoms with van der Waals surface area (Å²) in [5, 5.41) is 4.67. The minimum absolute atomic E-state index is 0.0177. The van der Waals surface area contributed by atoms with Crippen LogP contribution in [0.4, 0.5) is 5.69 Å². The number of hydrogen-bond donors (Lipinski definition) is 1. The van der Waals surface area contributed by atoms with Crippen molar-refractivity contribution in [3.63, 3.8) is 0 Å². The van der Waals surface area contributed by atoms with Gasteiger partial charge in [-0.25, -0.2) is 14.6 Å². The summed E-state index contributed by atoms with van der Waals surface area (Å²) in [7, 11) is 2.49. The molecule has 1 N–H and O–H groups in total. The van der Waals surface area contributed by atoms with Crippen LogP contribution in [0.25, 0.3) is 21.8 Å². The largest absolute Gasteiger partial charge is 0.466 e. The summed E-state index contributed by atoms with van der Waals surface area (Å²) in [4.78, 5) is 28.3. The summed E-state index contributed by atoms with van der Waals surface area (Å²) in [6, 6.07) is 15.1. The van der Waals surface area contributed by atoms with Gasteiger partial charge in [0.2, 0.25) is 0 Å². The molecule has 0 spiro atoms. The van der Waals surface area contributed by atoms with Crippen LogP contribution in [0.3, 0.4) is 0 Å². The minimum Gasteiger partial charge on any atom is -0.466 e. The highest BCUT2D eigenvalue weighted by atomic mass is 16.5. The van der Waals surface area contributed by atoms with Gasteiger partial charge in [-0.3, -0.25) is 0 Å². The van der Waals surface area contributed by atoms with Gasteiger partial charge in [-0.1, -0.05) is 36.4 Å². The number of ether oxygens (including phenoxy) is 2. The smallest absolute Gasteiger partial charge is 0.354 e. The first kappa shape index (κ1) is 16.4. The van der Waals surface area contributed by atoms with Gasteiger partial charge in [-0.05, 0) is 12.1 Å². The van der Waals surface area contributed by atoms with Gasteiger partial charge in [0.25, 0.3) is 0 Å². The number of hydrogen-bond acceptors (Lipinski definition) is 6. The zero-order valence-corrected chi connectivity index (χ0v) is 13.8. The van der Waals surface area contributed by atoms with Crippen molar-refractivity contribution >= 4 is 39.4 Å². The molecular formula is C19H16N2O4. The Balaban J connectivity index is 2.22. The third kappa shape index (κ3) is 3.28. The first-order chi connectivity index (χ1) is 12.1. The number of nitrogens with zero attached hydrogens (tertiary/aromatic N) is 1. The van der Waals surface area contributed by atoms with Gasteiger partial charge in [0.1, 0.15) is 5.70 Å². The summed E-state index contributed by atoms with van der Waals surface area (Å²) >= 11 is 0. The molecule has 6 heteroatoms. The number of rotatable bonds is 4. The molecular weight excluding hydrogens is 320 g/mol. The van der Waals surface area contributed by atoms with Crippen LogP contribution in [-0.2, 0) is 19.1 Å². The Morgan fingerprint density at radius 2 is 1.48 bits per heavy atom. The predicted octanol–water partition coefficient (Wildman–Crippen LogP) is 3.03. The van der Waals surface area contributed by atoms with E-state index in [1.54, 1.807) is 0 Å². The molecule has 126 valence electrons. The quantitative estimate of drug-likeness (QED) is 0.448. The van der Waals surface area contributed by atoms with Gasteiger partial charge in [0, 0.05) is 10.8 Å². The number of esters is 2. The monoisotopic (exact) mass is 336 g/mol. The maximum absolute atomic E-state index is 12.1. The lowest BCUT2D eigenvalue weighted by Gasteiger charge is -2.14. The van der Waals surface area contributed by atoms with E-state index < -0.39 is 11.9 Å². The van der Waals surface area contributed by atoms with E-state index in [0.717, 1.165) is 27.9 Å². The highest BCUT2D eigenvalue weighted by Crippen LogP contribution is 2.31. The van der Waals surface area contributed by atoms with Crippen LogP contribution in [0.1, 0.15) is 0 Å². The Hall–Kier alpha value is -3.41. The zero-order chi connectivity index (χ0) is 17.8. The molecule has 0 amide bonds. The number of methoxy groups -OCH3 is 2. The van der Waals surface area contributed by atoms with E-state index in [4.69, 9.17) is 4.74 Å². The molecule has 6 nitrogen and oxygen atoms in total. The average molecular weight is 336 g/mol. The van der Waals surface area contributed by atoms with E-state index in [1.807, 2.05) is 48.5 Å². The lowest BCUT2D eigenvalue weighted by atomic mass is 10.1. The molecule has 0 saturated carbocycles. The molecule has 0 saturated heterocycles. The number of carbonyl (C=O) groups excluding carboxylic acids is 2. The van der Waals surface area contributed by atoms with Crippen LogP contribution in [0.15, 0.2) is 60.3 Å². The summed E-state index contributed by atoms with van der Waals surface area (Å²) in [5.74, 6) is -1.33. The van der Waals surface area contributed by atoms with Crippen LogP contribution in [0.2, 0.25) is 0 Å². The van der Waals surface area contributed by atoms with Crippen molar-refractivity contribution in [3.8, 4) is 0 Å². The SMILES string of the molecule is COC(=O)/C=C(/Nc1c2ccccc2nc2ccccc12)C(=O)OC. The number of pyridine rings is 1. The molecule has 2 aromatic carbocycles. The normalized spacial score (nSPS) is 11.4. The lowest BCUT2D eigenvalue weighted by Crippen LogP contribution is -2.16. The van der Waals surface area contributed by atoms with Crippen molar-refractivity contribution < 1.29 is 19.1 Å². The van der Waals surface area contributed by atoms with E-state index in [9.17, 15) is 9.59 Å². The third-order valence-electron chi connectivity index (χ3n) is 3.72. The van der Waals surface area contributed by atoms with Gasteiger partial charge in [-0.2, -0.15) is 0 Å². The number of fused-ring (bicyclic) bond motifs is 2. The van der Waals surface area contributed by atoms with Crippen LogP contribution in [0.5, 0.6) is 0 Å².